The predicted octanol–water partition coefficient (Wildman–Crippen LogP) is 5.06. The number of benzene rings is 1. The van der Waals surface area contributed by atoms with Gasteiger partial charge >= 0.3 is 0 Å². The van der Waals surface area contributed by atoms with Crippen LogP contribution in [0.3, 0.4) is 0 Å². The van der Waals surface area contributed by atoms with Crippen LogP contribution in [0.1, 0.15) is 44.2 Å². The van der Waals surface area contributed by atoms with Gasteiger partial charge in [0.15, 0.2) is 0 Å². The Morgan fingerprint density at radius 2 is 2.18 bits per heavy atom. The Morgan fingerprint density at radius 3 is 2.94 bits per heavy atom. The highest BCUT2D eigenvalue weighted by molar-refractivity contribution is 7.16. The molecule has 0 saturated carbocycles. The summed E-state index contributed by atoms with van der Waals surface area (Å²) in [5, 5.41) is 0. The van der Waals surface area contributed by atoms with Gasteiger partial charge in [-0.3, -0.25) is 0 Å². The molecule has 0 bridgehead atoms. The van der Waals surface area contributed by atoms with E-state index < -0.39 is 0 Å². The van der Waals surface area contributed by atoms with E-state index in [0.29, 0.717) is 0 Å². The molecule has 2 aromatic rings. The molecule has 0 fully saturated rings. The number of aromatic nitrogens is 1. The first-order chi connectivity index (χ1) is 8.36. The molecular formula is C15H19NS. The lowest BCUT2D eigenvalue weighted by atomic mass is 10.00. The highest BCUT2D eigenvalue weighted by Crippen LogP contribution is 2.27. The molecule has 0 N–H and O–H groups in total. The topological polar surface area (TPSA) is 12.9 Å². The maximum Gasteiger partial charge on any atom is 0.0849 e. The molecule has 1 heterocycles. The molecule has 90 valence electrons. The maximum absolute atomic E-state index is 4.52. The zero-order valence-electron chi connectivity index (χ0n) is 10.6. The second-order valence-corrected chi connectivity index (χ2v) is 5.18. The highest BCUT2D eigenvalue weighted by Gasteiger charge is 2.07. The minimum absolute atomic E-state index is 1.15. The molecule has 0 saturated heterocycles. The van der Waals surface area contributed by atoms with E-state index in [1.807, 2.05) is 5.51 Å². The van der Waals surface area contributed by atoms with E-state index in [2.05, 4.69) is 43.1 Å². The van der Waals surface area contributed by atoms with Crippen LogP contribution in [0, 0.1) is 0 Å². The third kappa shape index (κ3) is 2.75. The van der Waals surface area contributed by atoms with Crippen molar-refractivity contribution in [1.29, 1.82) is 0 Å². The Kier molecular flexibility index (Phi) is 4.32. The van der Waals surface area contributed by atoms with Gasteiger partial charge in [0.05, 0.1) is 15.7 Å². The van der Waals surface area contributed by atoms with Crippen molar-refractivity contribution in [3.05, 3.63) is 34.8 Å². The number of fused-ring (bicyclic) bond motifs is 1. The Bertz CT molecular complexity index is 511. The molecule has 0 unspecified atom stereocenters. The second-order valence-electron chi connectivity index (χ2n) is 4.29. The van der Waals surface area contributed by atoms with E-state index in [4.69, 9.17) is 0 Å². The predicted molar refractivity (Wildman–Crippen MR) is 77.6 cm³/mol. The number of allylic oxidation sites excluding steroid dienone is 1. The van der Waals surface area contributed by atoms with Gasteiger partial charge < -0.3 is 0 Å². The first kappa shape index (κ1) is 12.3. The average molecular weight is 245 g/mol. The van der Waals surface area contributed by atoms with Gasteiger partial charge in [0, 0.05) is 0 Å². The molecule has 0 radical (unpaired) electrons. The average Bonchev–Trinajstić information content (AvgIpc) is 2.80. The summed E-state index contributed by atoms with van der Waals surface area (Å²) in [6.07, 6.45) is 9.28. The van der Waals surface area contributed by atoms with Crippen LogP contribution < -0.4 is 0 Å². The third-order valence-electron chi connectivity index (χ3n) is 3.02. The van der Waals surface area contributed by atoms with E-state index in [-0.39, 0.29) is 0 Å². The first-order valence-corrected chi connectivity index (χ1v) is 7.22. The van der Waals surface area contributed by atoms with Crippen LogP contribution >= 0.6 is 11.3 Å². The van der Waals surface area contributed by atoms with Gasteiger partial charge in [-0.1, -0.05) is 38.0 Å². The molecule has 0 amide bonds. The maximum atomic E-state index is 4.52. The molecule has 2 heteroatoms. The van der Waals surface area contributed by atoms with Gasteiger partial charge in [-0.05, 0) is 37.0 Å². The first-order valence-electron chi connectivity index (χ1n) is 6.34. The van der Waals surface area contributed by atoms with Crippen LogP contribution in [0.5, 0.6) is 0 Å². The summed E-state index contributed by atoms with van der Waals surface area (Å²) in [5.74, 6) is 0. The van der Waals surface area contributed by atoms with Crippen molar-refractivity contribution in [3.8, 4) is 0 Å². The summed E-state index contributed by atoms with van der Waals surface area (Å²) in [6.45, 7) is 4.32. The van der Waals surface area contributed by atoms with E-state index in [1.165, 1.54) is 40.6 Å². The molecule has 0 aliphatic rings. The second kappa shape index (κ2) is 5.97. The fraction of sp³-hybridized carbons (Fsp3) is 0.400. The van der Waals surface area contributed by atoms with Gasteiger partial charge in [-0.25, -0.2) is 4.98 Å². The van der Waals surface area contributed by atoms with Gasteiger partial charge in [-0.2, -0.15) is 0 Å². The molecule has 0 aliphatic carbocycles. The number of aryl methyl sites for hydroxylation is 1. The molecular weight excluding hydrogens is 226 g/mol. The van der Waals surface area contributed by atoms with Crippen LogP contribution in [-0.2, 0) is 6.42 Å². The smallest absolute Gasteiger partial charge is 0.0849 e. The number of unbranched alkanes of at least 4 members (excludes halogenated alkanes) is 2. The lowest BCUT2D eigenvalue weighted by Crippen LogP contribution is -1.92. The lowest BCUT2D eigenvalue weighted by Gasteiger charge is -2.07. The molecule has 0 atom stereocenters. The molecule has 1 aromatic heterocycles. The van der Waals surface area contributed by atoms with Crippen LogP contribution in [0.2, 0.25) is 0 Å². The quantitative estimate of drug-likeness (QED) is 0.671. The minimum Gasteiger partial charge on any atom is -0.244 e. The molecule has 2 rings (SSSR count). The summed E-state index contributed by atoms with van der Waals surface area (Å²) in [4.78, 5) is 4.52. The summed E-state index contributed by atoms with van der Waals surface area (Å²) in [5.41, 5.74) is 5.92. The SMILES string of the molecule is CC=Cc1ccc2scnc2c1CCCCC. The fourth-order valence-electron chi connectivity index (χ4n) is 2.15. The largest absolute Gasteiger partial charge is 0.244 e. The summed E-state index contributed by atoms with van der Waals surface area (Å²) in [7, 11) is 0. The Balaban J connectivity index is 2.38. The highest BCUT2D eigenvalue weighted by atomic mass is 32.1. The number of thiazole rings is 1. The standard InChI is InChI=1S/C15H19NS/c1-3-5-6-8-13-12(7-4-2)9-10-14-15(13)16-11-17-14/h4,7,9-11H,3,5-6,8H2,1-2H3. The number of nitrogens with zero attached hydrogens (tertiary/aromatic N) is 1. The van der Waals surface area contributed by atoms with Crippen molar-refractivity contribution in [3.63, 3.8) is 0 Å². The van der Waals surface area contributed by atoms with E-state index in [0.717, 1.165) is 6.42 Å². The van der Waals surface area contributed by atoms with Crippen LogP contribution in [-0.4, -0.2) is 4.98 Å². The van der Waals surface area contributed by atoms with Crippen LogP contribution in [0.4, 0.5) is 0 Å². The van der Waals surface area contributed by atoms with Crippen LogP contribution in [0.15, 0.2) is 23.7 Å². The van der Waals surface area contributed by atoms with Gasteiger partial charge in [-0.15, -0.1) is 11.3 Å². The van der Waals surface area contributed by atoms with E-state index in [1.54, 1.807) is 11.3 Å². The molecule has 17 heavy (non-hydrogen) atoms. The zero-order valence-corrected chi connectivity index (χ0v) is 11.4. The van der Waals surface area contributed by atoms with Crippen molar-refractivity contribution in [1.82, 2.24) is 4.98 Å². The summed E-state index contributed by atoms with van der Waals surface area (Å²) in [6, 6.07) is 4.41. The third-order valence-corrected chi connectivity index (χ3v) is 3.81. The minimum atomic E-state index is 1.15. The molecule has 0 aliphatic heterocycles. The van der Waals surface area contributed by atoms with Crippen molar-refractivity contribution in [2.75, 3.05) is 0 Å². The van der Waals surface area contributed by atoms with Crippen molar-refractivity contribution in [2.24, 2.45) is 0 Å². The Labute approximate surface area is 107 Å². The van der Waals surface area contributed by atoms with E-state index >= 15 is 0 Å². The van der Waals surface area contributed by atoms with Gasteiger partial charge in [0.1, 0.15) is 0 Å². The molecule has 1 nitrogen and oxygen atoms in total. The number of hydrogen-bond acceptors (Lipinski definition) is 2. The molecule has 0 spiro atoms. The van der Waals surface area contributed by atoms with Gasteiger partial charge in [0.25, 0.3) is 0 Å². The number of rotatable bonds is 5. The van der Waals surface area contributed by atoms with Crippen molar-refractivity contribution >= 4 is 27.6 Å². The molecule has 1 aromatic carbocycles. The van der Waals surface area contributed by atoms with Gasteiger partial charge in [0.2, 0.25) is 0 Å². The van der Waals surface area contributed by atoms with Crippen molar-refractivity contribution < 1.29 is 0 Å². The lowest BCUT2D eigenvalue weighted by molar-refractivity contribution is 0.718. The normalized spacial score (nSPS) is 11.6. The Morgan fingerprint density at radius 1 is 1.29 bits per heavy atom. The van der Waals surface area contributed by atoms with Crippen molar-refractivity contribution in [2.45, 2.75) is 39.5 Å². The summed E-state index contributed by atoms with van der Waals surface area (Å²) < 4.78 is 1.31. The Hall–Kier alpha value is -1.15. The van der Waals surface area contributed by atoms with Crippen LogP contribution in [0.25, 0.3) is 16.3 Å². The summed E-state index contributed by atoms with van der Waals surface area (Å²) >= 11 is 1.73. The number of hydrogen-bond donors (Lipinski definition) is 0. The van der Waals surface area contributed by atoms with E-state index in [9.17, 15) is 0 Å². The zero-order chi connectivity index (χ0) is 12.1. The fourth-order valence-corrected chi connectivity index (χ4v) is 2.86. The monoisotopic (exact) mass is 245 g/mol.